The number of carbonyl (C=O) groups is 3. The molecule has 7 nitrogen and oxygen atoms in total. The predicted octanol–water partition coefficient (Wildman–Crippen LogP) is 1.83. The van der Waals surface area contributed by atoms with Gasteiger partial charge < -0.3 is 20.7 Å². The van der Waals surface area contributed by atoms with Crippen LogP contribution in [0.2, 0.25) is 0 Å². The van der Waals surface area contributed by atoms with Crippen LogP contribution >= 0.6 is 0 Å². The molecule has 0 fully saturated rings. The van der Waals surface area contributed by atoms with Crippen LogP contribution in [0, 0.1) is 5.92 Å². The summed E-state index contributed by atoms with van der Waals surface area (Å²) in [5.41, 5.74) is 1.45. The fraction of sp³-hybridized carbons (Fsp3) is 0.526. The van der Waals surface area contributed by atoms with Crippen LogP contribution in [-0.2, 0) is 25.7 Å². The highest BCUT2D eigenvalue weighted by Gasteiger charge is 2.09. The topological polar surface area (TPSA) is 96.5 Å². The summed E-state index contributed by atoms with van der Waals surface area (Å²) in [5.74, 6) is -0.936. The zero-order chi connectivity index (χ0) is 19.5. The van der Waals surface area contributed by atoms with Gasteiger partial charge in [-0.25, -0.2) is 0 Å². The summed E-state index contributed by atoms with van der Waals surface area (Å²) < 4.78 is 5.14. The second-order valence-corrected chi connectivity index (χ2v) is 6.47. The fourth-order valence-electron chi connectivity index (χ4n) is 1.86. The third kappa shape index (κ3) is 8.62. The number of rotatable bonds is 10. The molecule has 1 aromatic rings. The van der Waals surface area contributed by atoms with Gasteiger partial charge in [0.2, 0.25) is 11.8 Å². The van der Waals surface area contributed by atoms with E-state index in [0.717, 1.165) is 12.0 Å². The molecule has 2 amide bonds. The molecule has 0 aliphatic carbocycles. The van der Waals surface area contributed by atoms with Gasteiger partial charge >= 0.3 is 5.97 Å². The van der Waals surface area contributed by atoms with Crippen molar-refractivity contribution in [2.24, 2.45) is 5.92 Å². The summed E-state index contributed by atoms with van der Waals surface area (Å²) in [4.78, 5) is 35.0. The van der Waals surface area contributed by atoms with Gasteiger partial charge in [-0.3, -0.25) is 14.4 Å². The molecule has 1 unspecified atom stereocenters. The maximum absolute atomic E-state index is 11.9. The molecule has 3 N–H and O–H groups in total. The molecule has 0 heterocycles. The number of anilines is 1. The SMILES string of the molecule is CCC(C)NCC(=O)NCC(=O)Nc1ccc(COC(=O)C(C)C)cc1. The third-order valence-electron chi connectivity index (χ3n) is 3.76. The molecular formula is C19H29N3O4. The van der Waals surface area contributed by atoms with Crippen LogP contribution in [0.25, 0.3) is 0 Å². The van der Waals surface area contributed by atoms with Crippen molar-refractivity contribution in [3.05, 3.63) is 29.8 Å². The van der Waals surface area contributed by atoms with E-state index >= 15 is 0 Å². The van der Waals surface area contributed by atoms with Crippen LogP contribution in [-0.4, -0.2) is 36.9 Å². The van der Waals surface area contributed by atoms with Gasteiger partial charge in [0.05, 0.1) is 19.0 Å². The first-order valence-electron chi connectivity index (χ1n) is 8.87. The maximum Gasteiger partial charge on any atom is 0.308 e. The molecule has 7 heteroatoms. The van der Waals surface area contributed by atoms with Crippen molar-refractivity contribution in [1.82, 2.24) is 10.6 Å². The van der Waals surface area contributed by atoms with Crippen LogP contribution < -0.4 is 16.0 Å². The molecule has 0 aromatic heterocycles. The lowest BCUT2D eigenvalue weighted by Gasteiger charge is -2.11. The van der Waals surface area contributed by atoms with E-state index < -0.39 is 0 Å². The zero-order valence-electron chi connectivity index (χ0n) is 15.9. The zero-order valence-corrected chi connectivity index (χ0v) is 15.9. The average Bonchev–Trinajstić information content (AvgIpc) is 2.63. The van der Waals surface area contributed by atoms with E-state index in [9.17, 15) is 14.4 Å². The molecule has 0 bridgehead atoms. The van der Waals surface area contributed by atoms with Crippen LogP contribution in [0.5, 0.6) is 0 Å². The predicted molar refractivity (Wildman–Crippen MR) is 100 cm³/mol. The van der Waals surface area contributed by atoms with Gasteiger partial charge in [0.1, 0.15) is 6.61 Å². The number of ether oxygens (including phenoxy) is 1. The lowest BCUT2D eigenvalue weighted by Crippen LogP contribution is -2.40. The highest BCUT2D eigenvalue weighted by Crippen LogP contribution is 2.11. The minimum absolute atomic E-state index is 0.0885. The number of nitrogens with one attached hydrogen (secondary N) is 3. The van der Waals surface area contributed by atoms with E-state index in [1.807, 2.05) is 13.8 Å². The van der Waals surface area contributed by atoms with Gasteiger partial charge in [-0.1, -0.05) is 32.9 Å². The van der Waals surface area contributed by atoms with E-state index in [1.165, 1.54) is 0 Å². The summed E-state index contributed by atoms with van der Waals surface area (Å²) >= 11 is 0. The highest BCUT2D eigenvalue weighted by atomic mass is 16.5. The lowest BCUT2D eigenvalue weighted by atomic mass is 10.2. The minimum Gasteiger partial charge on any atom is -0.461 e. The Hall–Kier alpha value is -2.41. The van der Waals surface area contributed by atoms with E-state index in [2.05, 4.69) is 16.0 Å². The first-order chi connectivity index (χ1) is 12.3. The molecule has 1 rings (SSSR count). The Balaban J connectivity index is 2.34. The Bertz CT molecular complexity index is 599. The number of esters is 1. The molecule has 0 saturated carbocycles. The second-order valence-electron chi connectivity index (χ2n) is 6.47. The summed E-state index contributed by atoms with van der Waals surface area (Å²) in [6.07, 6.45) is 0.931. The van der Waals surface area contributed by atoms with E-state index in [1.54, 1.807) is 38.1 Å². The Labute approximate surface area is 154 Å². The van der Waals surface area contributed by atoms with Crippen molar-refractivity contribution in [2.75, 3.05) is 18.4 Å². The molecule has 1 aromatic carbocycles. The molecular weight excluding hydrogens is 334 g/mol. The van der Waals surface area contributed by atoms with Crippen molar-refractivity contribution in [1.29, 1.82) is 0 Å². The van der Waals surface area contributed by atoms with Crippen molar-refractivity contribution in [3.8, 4) is 0 Å². The minimum atomic E-state index is -0.305. The van der Waals surface area contributed by atoms with E-state index in [4.69, 9.17) is 4.74 Å². The van der Waals surface area contributed by atoms with E-state index in [-0.39, 0.29) is 49.4 Å². The third-order valence-corrected chi connectivity index (χ3v) is 3.76. The Morgan fingerprint density at radius 3 is 2.23 bits per heavy atom. The van der Waals surface area contributed by atoms with Gasteiger partial charge in [0.15, 0.2) is 0 Å². The van der Waals surface area contributed by atoms with Gasteiger partial charge in [-0.15, -0.1) is 0 Å². The van der Waals surface area contributed by atoms with Crippen molar-refractivity contribution < 1.29 is 19.1 Å². The van der Waals surface area contributed by atoms with Gasteiger partial charge in [-0.2, -0.15) is 0 Å². The molecule has 0 saturated heterocycles. The van der Waals surface area contributed by atoms with Gasteiger partial charge in [-0.05, 0) is 31.0 Å². The Kier molecular flexibility index (Phi) is 9.36. The largest absolute Gasteiger partial charge is 0.461 e. The Morgan fingerprint density at radius 2 is 1.65 bits per heavy atom. The fourth-order valence-corrected chi connectivity index (χ4v) is 1.86. The molecule has 0 radical (unpaired) electrons. The monoisotopic (exact) mass is 363 g/mol. The smallest absolute Gasteiger partial charge is 0.308 e. The average molecular weight is 363 g/mol. The molecule has 0 aliphatic heterocycles. The van der Waals surface area contributed by atoms with Crippen molar-refractivity contribution in [2.45, 2.75) is 46.8 Å². The molecule has 0 aliphatic rings. The number of hydrogen-bond acceptors (Lipinski definition) is 5. The quantitative estimate of drug-likeness (QED) is 0.551. The van der Waals surface area contributed by atoms with Crippen molar-refractivity contribution in [3.63, 3.8) is 0 Å². The lowest BCUT2D eigenvalue weighted by molar-refractivity contribution is -0.148. The number of benzene rings is 1. The number of amides is 2. The maximum atomic E-state index is 11.9. The molecule has 144 valence electrons. The first-order valence-corrected chi connectivity index (χ1v) is 8.87. The summed E-state index contributed by atoms with van der Waals surface area (Å²) in [6.45, 7) is 7.88. The van der Waals surface area contributed by atoms with Crippen molar-refractivity contribution >= 4 is 23.5 Å². The summed E-state index contributed by atoms with van der Waals surface area (Å²) in [6, 6.07) is 7.26. The van der Waals surface area contributed by atoms with Gasteiger partial charge in [0, 0.05) is 11.7 Å². The molecule has 26 heavy (non-hydrogen) atoms. The Morgan fingerprint density at radius 1 is 1.00 bits per heavy atom. The van der Waals surface area contributed by atoms with Crippen LogP contribution in [0.3, 0.4) is 0 Å². The van der Waals surface area contributed by atoms with Crippen LogP contribution in [0.4, 0.5) is 5.69 Å². The second kappa shape index (κ2) is 11.3. The van der Waals surface area contributed by atoms with Gasteiger partial charge in [0.25, 0.3) is 0 Å². The number of carbonyl (C=O) groups excluding carboxylic acids is 3. The standard InChI is InChI=1S/C19H29N3O4/c1-5-14(4)20-10-17(23)21-11-18(24)22-16-8-6-15(7-9-16)12-26-19(25)13(2)3/h6-9,13-14,20H,5,10-12H2,1-4H3,(H,21,23)(H,22,24). The molecule has 0 spiro atoms. The number of hydrogen-bond donors (Lipinski definition) is 3. The van der Waals surface area contributed by atoms with E-state index in [0.29, 0.717) is 5.69 Å². The van der Waals surface area contributed by atoms with Crippen LogP contribution in [0.1, 0.15) is 39.7 Å². The normalized spacial score (nSPS) is 11.7. The molecule has 1 atom stereocenters. The summed E-state index contributed by atoms with van der Waals surface area (Å²) in [7, 11) is 0. The van der Waals surface area contributed by atoms with Crippen LogP contribution in [0.15, 0.2) is 24.3 Å². The highest BCUT2D eigenvalue weighted by molar-refractivity contribution is 5.94. The first kappa shape index (κ1) is 21.6. The summed E-state index contributed by atoms with van der Waals surface area (Å²) in [5, 5.41) is 8.33.